The van der Waals surface area contributed by atoms with Crippen LogP contribution in [0.2, 0.25) is 0 Å². The van der Waals surface area contributed by atoms with Gasteiger partial charge in [0.05, 0.1) is 13.7 Å². The molecule has 0 saturated carbocycles. The molecule has 2 aliphatic carbocycles. The Labute approximate surface area is 139 Å². The van der Waals surface area contributed by atoms with Crippen LogP contribution in [0.4, 0.5) is 0 Å². The Morgan fingerprint density at radius 2 is 2.13 bits per heavy atom. The first kappa shape index (κ1) is 16.3. The predicted molar refractivity (Wildman–Crippen MR) is 95.2 cm³/mol. The smallest absolute Gasteiger partial charge is 0.125 e. The molecule has 1 N–H and O–H groups in total. The van der Waals surface area contributed by atoms with Crippen molar-refractivity contribution in [3.8, 4) is 5.75 Å². The summed E-state index contributed by atoms with van der Waals surface area (Å²) in [4.78, 5) is 0. The molecule has 0 radical (unpaired) electrons. The molecule has 2 aliphatic rings. The SMILES string of the molecule is C=C1C(CO)=CC[C@]2(C)c3ccc(C(C)C)c(OC)c3CC[C@@H]12. The summed E-state index contributed by atoms with van der Waals surface area (Å²) in [6.07, 6.45) is 5.25. The van der Waals surface area contributed by atoms with Gasteiger partial charge in [0, 0.05) is 5.41 Å². The zero-order valence-electron chi connectivity index (χ0n) is 14.8. The van der Waals surface area contributed by atoms with Gasteiger partial charge in [0.2, 0.25) is 0 Å². The molecule has 2 heteroatoms. The van der Waals surface area contributed by atoms with Crippen LogP contribution in [0.3, 0.4) is 0 Å². The lowest BCUT2D eigenvalue weighted by atomic mass is 9.57. The Bertz CT molecular complexity index is 669. The van der Waals surface area contributed by atoms with Crippen LogP contribution in [0.5, 0.6) is 5.75 Å². The molecule has 2 atom stereocenters. The van der Waals surface area contributed by atoms with E-state index in [-0.39, 0.29) is 12.0 Å². The molecule has 0 saturated heterocycles. The summed E-state index contributed by atoms with van der Waals surface area (Å²) in [7, 11) is 1.79. The minimum Gasteiger partial charge on any atom is -0.496 e. The number of ether oxygens (including phenoxy) is 1. The number of hydrogen-bond donors (Lipinski definition) is 1. The van der Waals surface area contributed by atoms with Crippen LogP contribution >= 0.6 is 0 Å². The molecule has 1 aromatic carbocycles. The maximum absolute atomic E-state index is 9.56. The minimum absolute atomic E-state index is 0.0616. The van der Waals surface area contributed by atoms with E-state index in [1.807, 2.05) is 0 Å². The summed E-state index contributed by atoms with van der Waals surface area (Å²) in [6.45, 7) is 11.2. The van der Waals surface area contributed by atoms with Crippen molar-refractivity contribution < 1.29 is 9.84 Å². The molecule has 0 fully saturated rings. The van der Waals surface area contributed by atoms with Crippen LogP contribution in [-0.4, -0.2) is 18.8 Å². The maximum Gasteiger partial charge on any atom is 0.125 e. The molecular weight excluding hydrogens is 284 g/mol. The molecule has 2 nitrogen and oxygen atoms in total. The fourth-order valence-corrected chi connectivity index (χ4v) is 4.59. The van der Waals surface area contributed by atoms with E-state index in [0.29, 0.717) is 11.8 Å². The van der Waals surface area contributed by atoms with E-state index < -0.39 is 0 Å². The van der Waals surface area contributed by atoms with Gasteiger partial charge in [-0.05, 0) is 58.9 Å². The molecule has 124 valence electrons. The van der Waals surface area contributed by atoms with E-state index in [1.54, 1.807) is 7.11 Å². The first-order valence-corrected chi connectivity index (χ1v) is 8.63. The van der Waals surface area contributed by atoms with Gasteiger partial charge in [-0.15, -0.1) is 0 Å². The fraction of sp³-hybridized carbons (Fsp3) is 0.524. The second kappa shape index (κ2) is 5.83. The second-order valence-electron chi connectivity index (χ2n) is 7.49. The van der Waals surface area contributed by atoms with Gasteiger partial charge in [-0.25, -0.2) is 0 Å². The van der Waals surface area contributed by atoms with E-state index >= 15 is 0 Å². The van der Waals surface area contributed by atoms with Gasteiger partial charge < -0.3 is 9.84 Å². The number of allylic oxidation sites excluding steroid dienone is 1. The van der Waals surface area contributed by atoms with E-state index in [4.69, 9.17) is 4.74 Å². The third kappa shape index (κ3) is 2.35. The molecule has 3 rings (SSSR count). The zero-order valence-corrected chi connectivity index (χ0v) is 14.8. The van der Waals surface area contributed by atoms with Gasteiger partial charge in [-0.1, -0.05) is 45.6 Å². The van der Waals surface area contributed by atoms with E-state index in [0.717, 1.165) is 36.2 Å². The van der Waals surface area contributed by atoms with Crippen molar-refractivity contribution in [3.63, 3.8) is 0 Å². The third-order valence-electron chi connectivity index (χ3n) is 5.96. The number of aliphatic hydroxyl groups excluding tert-OH is 1. The third-order valence-corrected chi connectivity index (χ3v) is 5.96. The number of benzene rings is 1. The topological polar surface area (TPSA) is 29.5 Å². The Morgan fingerprint density at radius 1 is 1.39 bits per heavy atom. The lowest BCUT2D eigenvalue weighted by Crippen LogP contribution is -2.40. The summed E-state index contributed by atoms with van der Waals surface area (Å²) in [5.74, 6) is 1.96. The summed E-state index contributed by atoms with van der Waals surface area (Å²) >= 11 is 0. The molecule has 1 aromatic rings. The molecule has 23 heavy (non-hydrogen) atoms. The number of fused-ring (bicyclic) bond motifs is 3. The van der Waals surface area contributed by atoms with E-state index in [1.165, 1.54) is 16.7 Å². The van der Waals surface area contributed by atoms with E-state index in [9.17, 15) is 5.11 Å². The Balaban J connectivity index is 2.15. The lowest BCUT2D eigenvalue weighted by molar-refractivity contribution is 0.267. The normalized spacial score (nSPS) is 26.6. The molecule has 0 amide bonds. The molecular formula is C21H28O2. The van der Waals surface area contributed by atoms with Crippen molar-refractivity contribution in [1.29, 1.82) is 0 Å². The van der Waals surface area contributed by atoms with Gasteiger partial charge in [-0.3, -0.25) is 0 Å². The highest BCUT2D eigenvalue weighted by atomic mass is 16.5. The standard InChI is InChI=1S/C21H28O2/c1-13(2)16-6-9-19-17(20(16)23-5)7-8-18-14(3)15(12-22)10-11-21(18,19)4/h6,9-10,13,18,22H,3,7-8,11-12H2,1-2,4-5H3/t18-,21-/m0/s1. The van der Waals surface area contributed by atoms with Crippen molar-refractivity contribution in [2.75, 3.05) is 13.7 Å². The van der Waals surface area contributed by atoms with Gasteiger partial charge in [-0.2, -0.15) is 0 Å². The highest BCUT2D eigenvalue weighted by Crippen LogP contribution is 2.53. The molecule has 0 bridgehead atoms. The van der Waals surface area contributed by atoms with Gasteiger partial charge in [0.15, 0.2) is 0 Å². The van der Waals surface area contributed by atoms with Crippen molar-refractivity contribution in [2.45, 2.75) is 51.4 Å². The summed E-state index contributed by atoms with van der Waals surface area (Å²) in [6, 6.07) is 4.55. The second-order valence-corrected chi connectivity index (χ2v) is 7.49. The average Bonchev–Trinajstić information content (AvgIpc) is 2.53. The largest absolute Gasteiger partial charge is 0.496 e. The van der Waals surface area contributed by atoms with Gasteiger partial charge >= 0.3 is 0 Å². The van der Waals surface area contributed by atoms with Gasteiger partial charge in [0.1, 0.15) is 5.75 Å². The van der Waals surface area contributed by atoms with Crippen molar-refractivity contribution in [1.82, 2.24) is 0 Å². The van der Waals surface area contributed by atoms with Crippen molar-refractivity contribution in [2.24, 2.45) is 5.92 Å². The highest BCUT2D eigenvalue weighted by molar-refractivity contribution is 5.55. The predicted octanol–water partition coefficient (Wildman–Crippen LogP) is 4.52. The fourth-order valence-electron chi connectivity index (χ4n) is 4.59. The summed E-state index contributed by atoms with van der Waals surface area (Å²) < 4.78 is 5.82. The molecule has 0 aromatic heterocycles. The van der Waals surface area contributed by atoms with Crippen LogP contribution in [-0.2, 0) is 11.8 Å². The highest BCUT2D eigenvalue weighted by Gasteiger charge is 2.44. The van der Waals surface area contributed by atoms with Crippen LogP contribution in [0, 0.1) is 5.92 Å². The lowest BCUT2D eigenvalue weighted by Gasteiger charge is -2.47. The zero-order chi connectivity index (χ0) is 16.8. The van der Waals surface area contributed by atoms with Crippen LogP contribution < -0.4 is 4.74 Å². The Hall–Kier alpha value is -1.54. The summed E-state index contributed by atoms with van der Waals surface area (Å²) in [5, 5.41) is 9.56. The molecule has 0 unspecified atom stereocenters. The first-order valence-electron chi connectivity index (χ1n) is 8.63. The molecule has 0 heterocycles. The molecule has 0 aliphatic heterocycles. The minimum atomic E-state index is 0.0616. The quantitative estimate of drug-likeness (QED) is 0.889. The average molecular weight is 312 g/mol. The number of aliphatic hydroxyl groups is 1. The number of rotatable bonds is 3. The number of methoxy groups -OCH3 is 1. The monoisotopic (exact) mass is 312 g/mol. The Morgan fingerprint density at radius 3 is 2.74 bits per heavy atom. The molecule has 0 spiro atoms. The van der Waals surface area contributed by atoms with Crippen molar-refractivity contribution in [3.05, 3.63) is 52.6 Å². The van der Waals surface area contributed by atoms with Crippen LogP contribution in [0.1, 0.15) is 56.2 Å². The van der Waals surface area contributed by atoms with Gasteiger partial charge in [0.25, 0.3) is 0 Å². The first-order chi connectivity index (χ1) is 10.9. The maximum atomic E-state index is 9.56. The van der Waals surface area contributed by atoms with Crippen LogP contribution in [0.15, 0.2) is 35.9 Å². The Kier molecular flexibility index (Phi) is 4.14. The van der Waals surface area contributed by atoms with Crippen LogP contribution in [0.25, 0.3) is 0 Å². The van der Waals surface area contributed by atoms with E-state index in [2.05, 4.69) is 45.6 Å². The number of hydrogen-bond acceptors (Lipinski definition) is 2. The summed E-state index contributed by atoms with van der Waals surface area (Å²) in [5.41, 5.74) is 6.30. The van der Waals surface area contributed by atoms with Crippen molar-refractivity contribution >= 4 is 0 Å².